The van der Waals surface area contributed by atoms with Crippen LogP contribution in [0.25, 0.3) is 0 Å². The number of halogens is 2. The fourth-order valence-electron chi connectivity index (χ4n) is 1.50. The summed E-state index contributed by atoms with van der Waals surface area (Å²) in [4.78, 5) is 12.0. The zero-order chi connectivity index (χ0) is 13.7. The van der Waals surface area contributed by atoms with Crippen LogP contribution in [0.15, 0.2) is 22.7 Å². The molecule has 100 valence electrons. The van der Waals surface area contributed by atoms with Crippen molar-refractivity contribution in [2.45, 2.75) is 19.9 Å². The van der Waals surface area contributed by atoms with Crippen LogP contribution in [0.2, 0.25) is 0 Å². The van der Waals surface area contributed by atoms with Gasteiger partial charge in [0.25, 0.3) is 5.91 Å². The molecule has 1 N–H and O–H groups in total. The molecule has 0 saturated heterocycles. The van der Waals surface area contributed by atoms with Gasteiger partial charge in [0.05, 0.1) is 18.2 Å². The Hall–Kier alpha value is -0.940. The molecule has 1 atom stereocenters. The van der Waals surface area contributed by atoms with Gasteiger partial charge in [-0.3, -0.25) is 4.79 Å². The lowest BCUT2D eigenvalue weighted by molar-refractivity contribution is 0.0862. The molecule has 0 heterocycles. The number of rotatable bonds is 5. The third-order valence-corrected chi connectivity index (χ3v) is 3.13. The summed E-state index contributed by atoms with van der Waals surface area (Å²) in [5.74, 6) is -0.746. The molecule has 1 aromatic carbocycles. The third kappa shape index (κ3) is 4.07. The largest absolute Gasteiger partial charge is 0.383 e. The Balaban J connectivity index is 2.83. The number of carbonyl (C=O) groups excluding carboxylic acids is 1. The van der Waals surface area contributed by atoms with Crippen LogP contribution in [0.5, 0.6) is 0 Å². The first-order valence-corrected chi connectivity index (χ1v) is 6.50. The van der Waals surface area contributed by atoms with Crippen molar-refractivity contribution in [1.29, 1.82) is 0 Å². The first-order valence-electron chi connectivity index (χ1n) is 5.70. The summed E-state index contributed by atoms with van der Waals surface area (Å²) in [5, 5.41) is 2.78. The molecular formula is C13H17BrFNO2. The summed E-state index contributed by atoms with van der Waals surface area (Å²) >= 11 is 3.22. The van der Waals surface area contributed by atoms with Gasteiger partial charge in [0.2, 0.25) is 0 Å². The highest BCUT2D eigenvalue weighted by molar-refractivity contribution is 9.10. The molecule has 0 radical (unpaired) electrons. The molecule has 3 nitrogen and oxygen atoms in total. The molecular weight excluding hydrogens is 301 g/mol. The summed E-state index contributed by atoms with van der Waals surface area (Å²) < 4.78 is 19.3. The molecule has 1 rings (SSSR count). The Bertz CT molecular complexity index is 423. The molecule has 0 aliphatic rings. The molecule has 0 aliphatic heterocycles. The lowest BCUT2D eigenvalue weighted by atomic mass is 10.0. The smallest absolute Gasteiger partial charge is 0.254 e. The zero-order valence-corrected chi connectivity index (χ0v) is 12.3. The molecule has 0 bridgehead atoms. The summed E-state index contributed by atoms with van der Waals surface area (Å²) in [6, 6.07) is 4.15. The fourth-order valence-corrected chi connectivity index (χ4v) is 1.86. The lowest BCUT2D eigenvalue weighted by Gasteiger charge is -2.21. The molecule has 1 aromatic rings. The summed E-state index contributed by atoms with van der Waals surface area (Å²) in [7, 11) is 1.57. The van der Waals surface area contributed by atoms with Crippen molar-refractivity contribution in [3.05, 3.63) is 34.1 Å². The van der Waals surface area contributed by atoms with E-state index in [9.17, 15) is 9.18 Å². The van der Waals surface area contributed by atoms with Crippen molar-refractivity contribution in [3.8, 4) is 0 Å². The van der Waals surface area contributed by atoms with E-state index in [0.717, 1.165) is 0 Å². The average molecular weight is 318 g/mol. The minimum Gasteiger partial charge on any atom is -0.383 e. The maximum absolute atomic E-state index is 13.5. The van der Waals surface area contributed by atoms with Gasteiger partial charge < -0.3 is 10.1 Å². The Morgan fingerprint density at radius 2 is 2.17 bits per heavy atom. The summed E-state index contributed by atoms with van der Waals surface area (Å²) in [6.45, 7) is 4.35. The maximum atomic E-state index is 13.5. The zero-order valence-electron chi connectivity index (χ0n) is 10.7. The van der Waals surface area contributed by atoms with Gasteiger partial charge in [-0.15, -0.1) is 0 Å². The van der Waals surface area contributed by atoms with Gasteiger partial charge in [-0.1, -0.05) is 29.8 Å². The fraction of sp³-hybridized carbons (Fsp3) is 0.462. The van der Waals surface area contributed by atoms with Gasteiger partial charge >= 0.3 is 0 Å². The number of ether oxygens (including phenoxy) is 1. The molecule has 0 fully saturated rings. The van der Waals surface area contributed by atoms with Crippen molar-refractivity contribution in [3.63, 3.8) is 0 Å². The van der Waals surface area contributed by atoms with Crippen LogP contribution in [0.1, 0.15) is 24.2 Å². The van der Waals surface area contributed by atoms with Gasteiger partial charge in [-0.25, -0.2) is 4.39 Å². The summed E-state index contributed by atoms with van der Waals surface area (Å²) in [6.07, 6.45) is 0. The number of methoxy groups -OCH3 is 1. The predicted octanol–water partition coefficient (Wildman–Crippen LogP) is 2.99. The van der Waals surface area contributed by atoms with Crippen LogP contribution in [-0.2, 0) is 4.74 Å². The van der Waals surface area contributed by atoms with Gasteiger partial charge in [0.1, 0.15) is 5.82 Å². The molecule has 5 heteroatoms. The molecule has 0 aromatic heterocycles. The molecule has 1 amide bonds. The highest BCUT2D eigenvalue weighted by Gasteiger charge is 2.19. The van der Waals surface area contributed by atoms with Gasteiger partial charge in [0, 0.05) is 11.6 Å². The van der Waals surface area contributed by atoms with Gasteiger partial charge in [-0.05, 0) is 24.1 Å². The van der Waals surface area contributed by atoms with Gasteiger partial charge in [-0.2, -0.15) is 0 Å². The highest BCUT2D eigenvalue weighted by atomic mass is 79.9. The monoisotopic (exact) mass is 317 g/mol. The van der Waals surface area contributed by atoms with Crippen molar-refractivity contribution in [2.75, 3.05) is 13.7 Å². The van der Waals surface area contributed by atoms with Crippen molar-refractivity contribution in [2.24, 2.45) is 5.92 Å². The van der Waals surface area contributed by atoms with Crippen LogP contribution in [0.4, 0.5) is 4.39 Å². The van der Waals surface area contributed by atoms with Gasteiger partial charge in [0.15, 0.2) is 0 Å². The first-order chi connectivity index (χ1) is 8.45. The highest BCUT2D eigenvalue weighted by Crippen LogP contribution is 2.16. The number of nitrogens with one attached hydrogen (secondary N) is 1. The quantitative estimate of drug-likeness (QED) is 0.906. The van der Waals surface area contributed by atoms with Crippen LogP contribution in [0, 0.1) is 11.7 Å². The molecule has 0 saturated carbocycles. The third-order valence-electron chi connectivity index (χ3n) is 2.64. The second kappa shape index (κ2) is 6.85. The maximum Gasteiger partial charge on any atom is 0.254 e. The standard InChI is InChI=1S/C13H17BrFNO2/c1-8(2)12(7-18-3)16-13(17)10-6-9(14)4-5-11(10)15/h4-6,8,12H,7H2,1-3H3,(H,16,17). The number of hydrogen-bond acceptors (Lipinski definition) is 2. The van der Waals surface area contributed by atoms with E-state index >= 15 is 0 Å². The molecule has 0 spiro atoms. The number of benzene rings is 1. The first kappa shape index (κ1) is 15.1. The minimum atomic E-state index is -0.532. The van der Waals surface area contributed by atoms with E-state index in [2.05, 4.69) is 21.2 Å². The van der Waals surface area contributed by atoms with Crippen LogP contribution in [-0.4, -0.2) is 25.7 Å². The van der Waals surface area contributed by atoms with E-state index < -0.39 is 11.7 Å². The van der Waals surface area contributed by atoms with E-state index in [-0.39, 0.29) is 17.5 Å². The molecule has 18 heavy (non-hydrogen) atoms. The average Bonchev–Trinajstić information content (AvgIpc) is 2.31. The normalized spacial score (nSPS) is 12.6. The SMILES string of the molecule is COCC(NC(=O)c1cc(Br)ccc1F)C(C)C. The number of carbonyl (C=O) groups is 1. The van der Waals surface area contributed by atoms with E-state index in [1.807, 2.05) is 13.8 Å². The van der Waals surface area contributed by atoms with E-state index in [1.54, 1.807) is 13.2 Å². The topological polar surface area (TPSA) is 38.3 Å². The predicted molar refractivity (Wildman–Crippen MR) is 72.1 cm³/mol. The Morgan fingerprint density at radius 3 is 2.72 bits per heavy atom. The Labute approximate surface area is 115 Å². The number of hydrogen-bond donors (Lipinski definition) is 1. The lowest BCUT2D eigenvalue weighted by Crippen LogP contribution is -2.41. The minimum absolute atomic E-state index is 0.0335. The van der Waals surface area contributed by atoms with Crippen molar-refractivity contribution >= 4 is 21.8 Å². The van der Waals surface area contributed by atoms with Crippen LogP contribution in [0.3, 0.4) is 0 Å². The van der Waals surface area contributed by atoms with E-state index in [4.69, 9.17) is 4.74 Å². The van der Waals surface area contributed by atoms with Crippen LogP contribution >= 0.6 is 15.9 Å². The Kier molecular flexibility index (Phi) is 5.75. The molecule has 1 unspecified atom stereocenters. The van der Waals surface area contributed by atoms with Crippen LogP contribution < -0.4 is 5.32 Å². The second-order valence-electron chi connectivity index (χ2n) is 4.40. The number of amides is 1. The molecule has 0 aliphatic carbocycles. The second-order valence-corrected chi connectivity index (χ2v) is 5.32. The van der Waals surface area contributed by atoms with E-state index in [0.29, 0.717) is 11.1 Å². The summed E-state index contributed by atoms with van der Waals surface area (Å²) in [5.41, 5.74) is 0.0335. The van der Waals surface area contributed by atoms with Crippen molar-refractivity contribution in [1.82, 2.24) is 5.32 Å². The van der Waals surface area contributed by atoms with E-state index in [1.165, 1.54) is 12.1 Å². The Morgan fingerprint density at radius 1 is 1.50 bits per heavy atom. The van der Waals surface area contributed by atoms with Crippen molar-refractivity contribution < 1.29 is 13.9 Å².